The van der Waals surface area contributed by atoms with Gasteiger partial charge >= 0.3 is 0 Å². The Balaban J connectivity index is 1.64. The van der Waals surface area contributed by atoms with E-state index in [1.807, 2.05) is 59.5 Å². The van der Waals surface area contributed by atoms with Crippen molar-refractivity contribution >= 4 is 12.0 Å². The molecule has 1 fully saturated rings. The lowest BCUT2D eigenvalue weighted by Gasteiger charge is -2.50. The monoisotopic (exact) mass is 353 g/mol. The molecule has 3 aromatic rings. The fourth-order valence-electron chi connectivity index (χ4n) is 3.84. The summed E-state index contributed by atoms with van der Waals surface area (Å²) in [5, 5.41) is 0. The highest BCUT2D eigenvalue weighted by Crippen LogP contribution is 2.46. The normalized spacial score (nSPS) is 20.5. The van der Waals surface area contributed by atoms with Gasteiger partial charge in [-0.15, -0.1) is 0 Å². The summed E-state index contributed by atoms with van der Waals surface area (Å²) in [6, 6.07) is 30.8. The Morgan fingerprint density at radius 2 is 1.37 bits per heavy atom. The molecule has 3 atom stereocenters. The number of benzene rings is 3. The minimum absolute atomic E-state index is 0.0466. The van der Waals surface area contributed by atoms with Crippen LogP contribution in [0.5, 0.6) is 0 Å². The Kier molecular flexibility index (Phi) is 4.88. The third-order valence-corrected chi connectivity index (χ3v) is 5.32. The summed E-state index contributed by atoms with van der Waals surface area (Å²) in [5.74, 6) is 0.0613. The van der Waals surface area contributed by atoms with Gasteiger partial charge in [0.2, 0.25) is 5.91 Å². The summed E-state index contributed by atoms with van der Waals surface area (Å²) in [4.78, 5) is 15.1. The van der Waals surface area contributed by atoms with E-state index in [0.29, 0.717) is 0 Å². The van der Waals surface area contributed by atoms with Crippen molar-refractivity contribution in [3.05, 3.63) is 114 Å². The van der Waals surface area contributed by atoms with Crippen molar-refractivity contribution in [2.45, 2.75) is 19.0 Å². The first-order valence-corrected chi connectivity index (χ1v) is 9.41. The first-order chi connectivity index (χ1) is 13.3. The van der Waals surface area contributed by atoms with E-state index >= 15 is 0 Å². The van der Waals surface area contributed by atoms with E-state index in [2.05, 4.69) is 55.5 Å². The van der Waals surface area contributed by atoms with E-state index in [-0.39, 0.29) is 23.9 Å². The number of carbonyl (C=O) groups is 1. The summed E-state index contributed by atoms with van der Waals surface area (Å²) >= 11 is 0. The minimum atomic E-state index is -0.126. The highest BCUT2D eigenvalue weighted by Gasteiger charge is 2.48. The predicted molar refractivity (Wildman–Crippen MR) is 110 cm³/mol. The number of likely N-dealkylation sites (tertiary alicyclic amines) is 1. The SMILES string of the molecule is C[C@@H](c1ccccc1)N1C(=O)[C@H](/C=C/c2ccccc2)[C@H]1c1ccccc1. The second-order valence-electron chi connectivity index (χ2n) is 6.98. The van der Waals surface area contributed by atoms with Crippen molar-refractivity contribution in [3.63, 3.8) is 0 Å². The molecular weight excluding hydrogens is 330 g/mol. The van der Waals surface area contributed by atoms with Gasteiger partial charge in [-0.3, -0.25) is 4.79 Å². The fourth-order valence-corrected chi connectivity index (χ4v) is 3.84. The van der Waals surface area contributed by atoms with Gasteiger partial charge in [0.1, 0.15) is 0 Å². The summed E-state index contributed by atoms with van der Waals surface area (Å²) in [6.45, 7) is 2.11. The third kappa shape index (κ3) is 3.43. The average molecular weight is 353 g/mol. The smallest absolute Gasteiger partial charge is 0.233 e. The molecule has 0 N–H and O–H groups in total. The highest BCUT2D eigenvalue weighted by molar-refractivity contribution is 5.89. The number of β-lactam (4-membered cyclic amide) rings is 1. The number of rotatable bonds is 5. The zero-order valence-corrected chi connectivity index (χ0v) is 15.4. The van der Waals surface area contributed by atoms with Crippen LogP contribution in [0.3, 0.4) is 0 Å². The Morgan fingerprint density at radius 1 is 0.815 bits per heavy atom. The zero-order chi connectivity index (χ0) is 18.6. The fraction of sp³-hybridized carbons (Fsp3) is 0.160. The average Bonchev–Trinajstić information content (AvgIpc) is 2.74. The van der Waals surface area contributed by atoms with Crippen molar-refractivity contribution in [2.24, 2.45) is 5.92 Å². The first-order valence-electron chi connectivity index (χ1n) is 9.41. The van der Waals surface area contributed by atoms with Gasteiger partial charge < -0.3 is 4.90 Å². The van der Waals surface area contributed by atoms with Gasteiger partial charge in [-0.1, -0.05) is 103 Å². The summed E-state index contributed by atoms with van der Waals surface area (Å²) in [5.41, 5.74) is 3.46. The van der Waals surface area contributed by atoms with Crippen LogP contribution in [0.4, 0.5) is 0 Å². The van der Waals surface area contributed by atoms with Crippen LogP contribution in [0.1, 0.15) is 35.7 Å². The molecule has 4 rings (SSSR count). The van der Waals surface area contributed by atoms with Crippen molar-refractivity contribution in [3.8, 4) is 0 Å². The van der Waals surface area contributed by atoms with Crippen LogP contribution < -0.4 is 0 Å². The lowest BCUT2D eigenvalue weighted by atomic mass is 9.80. The number of amides is 1. The number of carbonyl (C=O) groups excluding carboxylic acids is 1. The van der Waals surface area contributed by atoms with Crippen molar-refractivity contribution < 1.29 is 4.79 Å². The van der Waals surface area contributed by atoms with E-state index in [1.165, 1.54) is 5.56 Å². The van der Waals surface area contributed by atoms with Crippen LogP contribution in [-0.2, 0) is 4.79 Å². The molecule has 0 spiro atoms. The van der Waals surface area contributed by atoms with E-state index < -0.39 is 0 Å². The van der Waals surface area contributed by atoms with Gasteiger partial charge in [0, 0.05) is 0 Å². The Bertz CT molecular complexity index is 918. The van der Waals surface area contributed by atoms with Crippen LogP contribution in [-0.4, -0.2) is 10.8 Å². The maximum atomic E-state index is 13.1. The molecule has 134 valence electrons. The molecule has 1 amide bonds. The largest absolute Gasteiger partial charge is 0.327 e. The maximum Gasteiger partial charge on any atom is 0.233 e. The summed E-state index contributed by atoms with van der Waals surface area (Å²) < 4.78 is 0. The van der Waals surface area contributed by atoms with Crippen molar-refractivity contribution in [1.82, 2.24) is 4.90 Å². The predicted octanol–water partition coefficient (Wildman–Crippen LogP) is 5.66. The zero-order valence-electron chi connectivity index (χ0n) is 15.4. The lowest BCUT2D eigenvalue weighted by molar-refractivity contribution is -0.157. The second-order valence-corrected chi connectivity index (χ2v) is 6.98. The molecule has 27 heavy (non-hydrogen) atoms. The van der Waals surface area contributed by atoms with E-state index in [4.69, 9.17) is 0 Å². The third-order valence-electron chi connectivity index (χ3n) is 5.32. The van der Waals surface area contributed by atoms with Gasteiger partial charge in [0.05, 0.1) is 18.0 Å². The van der Waals surface area contributed by atoms with Gasteiger partial charge in [-0.2, -0.15) is 0 Å². The van der Waals surface area contributed by atoms with Gasteiger partial charge in [-0.05, 0) is 23.6 Å². The van der Waals surface area contributed by atoms with Gasteiger partial charge in [0.15, 0.2) is 0 Å². The molecule has 3 aromatic carbocycles. The standard InChI is InChI=1S/C25H23NO/c1-19(21-13-7-3-8-14-21)26-24(22-15-9-4-10-16-22)23(25(26)27)18-17-20-11-5-2-6-12-20/h2-19,23-24H,1H3/b18-17+/t19-,23+,24+/m0/s1. The van der Waals surface area contributed by atoms with E-state index in [0.717, 1.165) is 11.1 Å². The summed E-state index contributed by atoms with van der Waals surface area (Å²) in [7, 11) is 0. The molecule has 1 aliphatic heterocycles. The Hall–Kier alpha value is -3.13. The first kappa shape index (κ1) is 17.3. The van der Waals surface area contributed by atoms with Gasteiger partial charge in [-0.25, -0.2) is 0 Å². The molecule has 1 aliphatic rings. The minimum Gasteiger partial charge on any atom is -0.327 e. The van der Waals surface area contributed by atoms with Crippen LogP contribution >= 0.6 is 0 Å². The Labute approximate surface area is 160 Å². The molecule has 0 aromatic heterocycles. The molecule has 0 aliphatic carbocycles. The molecule has 0 radical (unpaired) electrons. The van der Waals surface area contributed by atoms with E-state index in [9.17, 15) is 4.79 Å². The molecule has 2 heteroatoms. The molecular formula is C25H23NO. The highest BCUT2D eigenvalue weighted by atomic mass is 16.2. The van der Waals surface area contributed by atoms with Crippen LogP contribution in [0.2, 0.25) is 0 Å². The molecule has 0 saturated carbocycles. The quantitative estimate of drug-likeness (QED) is 0.542. The van der Waals surface area contributed by atoms with Gasteiger partial charge in [0.25, 0.3) is 0 Å². The number of hydrogen-bond donors (Lipinski definition) is 0. The van der Waals surface area contributed by atoms with Crippen molar-refractivity contribution in [1.29, 1.82) is 0 Å². The second kappa shape index (κ2) is 7.63. The molecule has 2 nitrogen and oxygen atoms in total. The number of hydrogen-bond acceptors (Lipinski definition) is 1. The van der Waals surface area contributed by atoms with Crippen LogP contribution in [0.25, 0.3) is 6.08 Å². The molecule has 1 heterocycles. The van der Waals surface area contributed by atoms with Crippen LogP contribution in [0, 0.1) is 5.92 Å². The summed E-state index contributed by atoms with van der Waals surface area (Å²) in [6.07, 6.45) is 4.12. The Morgan fingerprint density at radius 3 is 2.00 bits per heavy atom. The molecule has 0 unspecified atom stereocenters. The maximum absolute atomic E-state index is 13.1. The lowest BCUT2D eigenvalue weighted by Crippen LogP contribution is -2.54. The topological polar surface area (TPSA) is 20.3 Å². The van der Waals surface area contributed by atoms with E-state index in [1.54, 1.807) is 0 Å². The molecule has 1 saturated heterocycles. The number of nitrogens with zero attached hydrogens (tertiary/aromatic N) is 1. The molecule has 0 bridgehead atoms. The van der Waals surface area contributed by atoms with Crippen molar-refractivity contribution in [2.75, 3.05) is 0 Å². The van der Waals surface area contributed by atoms with Crippen LogP contribution in [0.15, 0.2) is 97.1 Å².